The van der Waals surface area contributed by atoms with Gasteiger partial charge in [0.25, 0.3) is 5.78 Å². The summed E-state index contributed by atoms with van der Waals surface area (Å²) in [6.07, 6.45) is 3.42. The summed E-state index contributed by atoms with van der Waals surface area (Å²) in [4.78, 5) is 20.2. The van der Waals surface area contributed by atoms with E-state index in [9.17, 15) is 4.79 Å². The summed E-state index contributed by atoms with van der Waals surface area (Å²) in [6.45, 7) is 0. The van der Waals surface area contributed by atoms with Crippen molar-refractivity contribution in [3.8, 4) is 0 Å². The second-order valence-corrected chi connectivity index (χ2v) is 6.29. The molecule has 2 heterocycles. The topological polar surface area (TPSA) is 72.2 Å². The minimum atomic E-state index is -0.0891. The number of carbonyl (C=O) groups is 1. The first kappa shape index (κ1) is 14.3. The Bertz CT molecular complexity index is 758. The smallest absolute Gasteiger partial charge is 0.253 e. The fourth-order valence-electron chi connectivity index (χ4n) is 1.67. The zero-order chi connectivity index (χ0) is 14.7. The number of amides is 1. The van der Waals surface area contributed by atoms with Gasteiger partial charge < -0.3 is 5.32 Å². The molecule has 3 aromatic rings. The molecular weight excluding hydrogens is 401 g/mol. The number of fused-ring (bicyclic) bond motifs is 1. The number of nitrogens with zero attached hydrogens (tertiary/aromatic N) is 4. The number of thioether (sulfide) groups is 1. The van der Waals surface area contributed by atoms with Gasteiger partial charge in [-0.25, -0.2) is 9.50 Å². The van der Waals surface area contributed by atoms with Crippen molar-refractivity contribution in [1.29, 1.82) is 0 Å². The van der Waals surface area contributed by atoms with Crippen LogP contribution >= 0.6 is 34.4 Å². The predicted molar refractivity (Wildman–Crippen MR) is 89.3 cm³/mol. The SMILES string of the molecule is O=C(CSc1nc2ncccn2n1)Nc1cccc(I)c1. The van der Waals surface area contributed by atoms with E-state index in [1.165, 1.54) is 11.8 Å². The number of carbonyl (C=O) groups excluding carboxylic acids is 1. The van der Waals surface area contributed by atoms with E-state index >= 15 is 0 Å². The Morgan fingerprint density at radius 1 is 1.38 bits per heavy atom. The van der Waals surface area contributed by atoms with Gasteiger partial charge in [-0.15, -0.1) is 5.10 Å². The van der Waals surface area contributed by atoms with Gasteiger partial charge in [0, 0.05) is 21.7 Å². The van der Waals surface area contributed by atoms with Crippen LogP contribution in [0.1, 0.15) is 0 Å². The third-order valence-corrected chi connectivity index (χ3v) is 4.05. The number of aromatic nitrogens is 4. The van der Waals surface area contributed by atoms with E-state index in [0.29, 0.717) is 10.9 Å². The van der Waals surface area contributed by atoms with E-state index < -0.39 is 0 Å². The Balaban J connectivity index is 1.60. The standard InChI is InChI=1S/C13H10IN5OS/c14-9-3-1-4-10(7-9)16-11(20)8-21-13-17-12-15-5-2-6-19(12)18-13/h1-7H,8H2,(H,16,20). The maximum atomic E-state index is 11.9. The van der Waals surface area contributed by atoms with E-state index in [1.54, 1.807) is 23.0 Å². The van der Waals surface area contributed by atoms with Gasteiger partial charge in [0.15, 0.2) is 0 Å². The summed E-state index contributed by atoms with van der Waals surface area (Å²) in [5.74, 6) is 0.689. The molecule has 6 nitrogen and oxygen atoms in total. The summed E-state index contributed by atoms with van der Waals surface area (Å²) in [5.41, 5.74) is 0.789. The molecular formula is C13H10IN5OS. The number of anilines is 1. The van der Waals surface area contributed by atoms with Gasteiger partial charge in [-0.05, 0) is 46.9 Å². The third-order valence-electron chi connectivity index (χ3n) is 2.54. The molecule has 8 heteroatoms. The van der Waals surface area contributed by atoms with E-state index in [0.717, 1.165) is 9.26 Å². The Kier molecular flexibility index (Phi) is 4.34. The summed E-state index contributed by atoms with van der Waals surface area (Å²) < 4.78 is 2.66. The van der Waals surface area contributed by atoms with Gasteiger partial charge in [0.05, 0.1) is 5.75 Å². The summed E-state index contributed by atoms with van der Waals surface area (Å²) in [6, 6.07) is 9.42. The Labute approximate surface area is 138 Å². The molecule has 0 bridgehead atoms. The first-order valence-corrected chi connectivity index (χ1v) is 8.13. The molecule has 0 spiro atoms. The van der Waals surface area contributed by atoms with Crippen LogP contribution in [0.4, 0.5) is 5.69 Å². The minimum absolute atomic E-state index is 0.0891. The quantitative estimate of drug-likeness (QED) is 0.528. The van der Waals surface area contributed by atoms with Gasteiger partial charge in [0.2, 0.25) is 11.1 Å². The molecule has 0 unspecified atom stereocenters. The largest absolute Gasteiger partial charge is 0.325 e. The molecule has 0 fully saturated rings. The van der Waals surface area contributed by atoms with E-state index in [1.807, 2.05) is 24.3 Å². The number of rotatable bonds is 4. The lowest BCUT2D eigenvalue weighted by molar-refractivity contribution is -0.113. The molecule has 0 aliphatic carbocycles. The predicted octanol–water partition coefficient (Wildman–Crippen LogP) is 2.46. The van der Waals surface area contributed by atoms with E-state index in [2.05, 4.69) is 43.0 Å². The molecule has 1 amide bonds. The fourth-order valence-corrected chi connectivity index (χ4v) is 2.84. The summed E-state index contributed by atoms with van der Waals surface area (Å²) in [5, 5.41) is 7.61. The number of benzene rings is 1. The van der Waals surface area contributed by atoms with Crippen LogP contribution in [0.5, 0.6) is 0 Å². The van der Waals surface area contributed by atoms with Crippen molar-refractivity contribution in [1.82, 2.24) is 19.6 Å². The highest BCUT2D eigenvalue weighted by Gasteiger charge is 2.08. The van der Waals surface area contributed by atoms with Crippen molar-refractivity contribution in [3.05, 3.63) is 46.3 Å². The van der Waals surface area contributed by atoms with Crippen LogP contribution in [-0.2, 0) is 4.79 Å². The van der Waals surface area contributed by atoms with Crippen molar-refractivity contribution in [2.75, 3.05) is 11.1 Å². The molecule has 0 saturated heterocycles. The maximum absolute atomic E-state index is 11.9. The lowest BCUT2D eigenvalue weighted by Gasteiger charge is -2.04. The van der Waals surface area contributed by atoms with Gasteiger partial charge in [0.1, 0.15) is 0 Å². The number of nitrogens with one attached hydrogen (secondary N) is 1. The van der Waals surface area contributed by atoms with Crippen molar-refractivity contribution < 1.29 is 4.79 Å². The Hall–Kier alpha value is -1.68. The average molecular weight is 411 g/mol. The van der Waals surface area contributed by atoms with Crippen molar-refractivity contribution in [3.63, 3.8) is 0 Å². The minimum Gasteiger partial charge on any atom is -0.325 e. The fraction of sp³-hybridized carbons (Fsp3) is 0.0769. The van der Waals surface area contributed by atoms with Gasteiger partial charge >= 0.3 is 0 Å². The normalized spacial score (nSPS) is 10.7. The first-order chi connectivity index (χ1) is 10.2. The van der Waals surface area contributed by atoms with Crippen LogP contribution in [0.3, 0.4) is 0 Å². The summed E-state index contributed by atoms with van der Waals surface area (Å²) in [7, 11) is 0. The lowest BCUT2D eigenvalue weighted by Crippen LogP contribution is -2.14. The van der Waals surface area contributed by atoms with Crippen LogP contribution in [0.15, 0.2) is 47.9 Å². The number of hydrogen-bond acceptors (Lipinski definition) is 5. The van der Waals surface area contributed by atoms with Crippen LogP contribution in [0.2, 0.25) is 0 Å². The number of halogens is 1. The molecule has 3 rings (SSSR count). The second kappa shape index (κ2) is 6.39. The molecule has 0 saturated carbocycles. The highest BCUT2D eigenvalue weighted by Crippen LogP contribution is 2.16. The lowest BCUT2D eigenvalue weighted by atomic mass is 10.3. The highest BCUT2D eigenvalue weighted by molar-refractivity contribution is 14.1. The molecule has 0 radical (unpaired) electrons. The van der Waals surface area contributed by atoms with Crippen molar-refractivity contribution in [2.24, 2.45) is 0 Å². The van der Waals surface area contributed by atoms with Gasteiger partial charge in [-0.1, -0.05) is 17.8 Å². The van der Waals surface area contributed by atoms with Gasteiger partial charge in [-0.3, -0.25) is 4.79 Å². The Morgan fingerprint density at radius 3 is 3.10 bits per heavy atom. The number of hydrogen-bond donors (Lipinski definition) is 1. The zero-order valence-corrected chi connectivity index (χ0v) is 13.7. The van der Waals surface area contributed by atoms with Crippen LogP contribution in [0.25, 0.3) is 5.78 Å². The van der Waals surface area contributed by atoms with Crippen molar-refractivity contribution >= 4 is 51.7 Å². The molecule has 21 heavy (non-hydrogen) atoms. The van der Waals surface area contributed by atoms with E-state index in [-0.39, 0.29) is 11.7 Å². The van der Waals surface area contributed by atoms with Gasteiger partial charge in [-0.2, -0.15) is 4.98 Å². The van der Waals surface area contributed by atoms with Crippen LogP contribution < -0.4 is 5.32 Å². The molecule has 1 N–H and O–H groups in total. The second-order valence-electron chi connectivity index (χ2n) is 4.11. The maximum Gasteiger partial charge on any atom is 0.253 e. The first-order valence-electron chi connectivity index (χ1n) is 6.06. The third kappa shape index (κ3) is 3.70. The average Bonchev–Trinajstić information content (AvgIpc) is 2.88. The zero-order valence-electron chi connectivity index (χ0n) is 10.7. The highest BCUT2D eigenvalue weighted by atomic mass is 127. The monoisotopic (exact) mass is 411 g/mol. The Morgan fingerprint density at radius 2 is 2.29 bits per heavy atom. The van der Waals surface area contributed by atoms with Crippen molar-refractivity contribution in [2.45, 2.75) is 5.16 Å². The molecule has 1 aromatic carbocycles. The molecule has 106 valence electrons. The molecule has 0 aliphatic heterocycles. The molecule has 2 aromatic heterocycles. The van der Waals surface area contributed by atoms with E-state index in [4.69, 9.17) is 0 Å². The summed E-state index contributed by atoms with van der Waals surface area (Å²) >= 11 is 3.49. The van der Waals surface area contributed by atoms with Crippen LogP contribution in [-0.4, -0.2) is 31.2 Å². The molecule has 0 aliphatic rings. The van der Waals surface area contributed by atoms with Crippen LogP contribution in [0, 0.1) is 3.57 Å². The molecule has 0 atom stereocenters.